The minimum Gasteiger partial charge on any atom is -0.354 e. The minimum atomic E-state index is 0.124. The topological polar surface area (TPSA) is 32.3 Å². The Morgan fingerprint density at radius 2 is 2.10 bits per heavy atom. The van der Waals surface area contributed by atoms with Gasteiger partial charge in [0.1, 0.15) is 0 Å². The molecule has 0 spiro atoms. The third-order valence-corrected chi connectivity index (χ3v) is 3.88. The fourth-order valence-electron chi connectivity index (χ4n) is 2.66. The molecule has 0 radical (unpaired) electrons. The Bertz CT molecular complexity index is 444. The summed E-state index contributed by atoms with van der Waals surface area (Å²) in [5.74, 6) is 0.319. The van der Waals surface area contributed by atoms with Gasteiger partial charge in [-0.2, -0.15) is 0 Å². The predicted molar refractivity (Wildman–Crippen MR) is 82.7 cm³/mol. The summed E-state index contributed by atoms with van der Waals surface area (Å²) in [6, 6.07) is 8.17. The average Bonchev–Trinajstić information content (AvgIpc) is 2.41. The number of amides is 1. The lowest BCUT2D eigenvalue weighted by atomic mass is 9.96. The molecular formula is C16H23ClN2O. The van der Waals surface area contributed by atoms with Crippen LogP contribution in [0.3, 0.4) is 0 Å². The Morgan fingerprint density at radius 1 is 1.40 bits per heavy atom. The predicted octanol–water partition coefficient (Wildman–Crippen LogP) is 3.08. The van der Waals surface area contributed by atoms with Gasteiger partial charge in [0.25, 0.3) is 0 Å². The Hall–Kier alpha value is -1.06. The van der Waals surface area contributed by atoms with E-state index in [4.69, 9.17) is 11.6 Å². The van der Waals surface area contributed by atoms with Gasteiger partial charge in [0.05, 0.1) is 5.92 Å². The molecule has 110 valence electrons. The van der Waals surface area contributed by atoms with Crippen LogP contribution >= 0.6 is 11.6 Å². The van der Waals surface area contributed by atoms with Crippen molar-refractivity contribution in [3.63, 3.8) is 0 Å². The van der Waals surface area contributed by atoms with Gasteiger partial charge in [-0.3, -0.25) is 9.69 Å². The van der Waals surface area contributed by atoms with E-state index in [1.54, 1.807) is 0 Å². The number of hydrogen-bond acceptors (Lipinski definition) is 2. The van der Waals surface area contributed by atoms with Crippen molar-refractivity contribution in [2.24, 2.45) is 5.92 Å². The van der Waals surface area contributed by atoms with E-state index in [1.165, 1.54) is 5.56 Å². The summed E-state index contributed by atoms with van der Waals surface area (Å²) in [6.45, 7) is 6.82. The second-order valence-corrected chi connectivity index (χ2v) is 6.30. The van der Waals surface area contributed by atoms with Crippen molar-refractivity contribution in [1.82, 2.24) is 10.2 Å². The number of rotatable bonds is 4. The second-order valence-electron chi connectivity index (χ2n) is 5.86. The van der Waals surface area contributed by atoms with E-state index >= 15 is 0 Å². The standard InChI is InChI=1S/C16H23ClN2O/c1-12(2)18-16(20)14-4-3-9-19(11-14)10-13-5-7-15(17)8-6-13/h5-8,12,14H,3-4,9-11H2,1-2H3,(H,18,20)/t14-/m0/s1. The highest BCUT2D eigenvalue weighted by atomic mass is 35.5. The first-order valence-electron chi connectivity index (χ1n) is 7.32. The summed E-state index contributed by atoms with van der Waals surface area (Å²) in [5, 5.41) is 3.79. The van der Waals surface area contributed by atoms with Crippen molar-refractivity contribution in [2.75, 3.05) is 13.1 Å². The van der Waals surface area contributed by atoms with E-state index in [-0.39, 0.29) is 17.9 Å². The third kappa shape index (κ3) is 4.50. The van der Waals surface area contributed by atoms with Crippen LogP contribution in [0.25, 0.3) is 0 Å². The van der Waals surface area contributed by atoms with Crippen molar-refractivity contribution in [3.05, 3.63) is 34.9 Å². The number of likely N-dealkylation sites (tertiary alicyclic amines) is 1. The summed E-state index contributed by atoms with van der Waals surface area (Å²) in [6.07, 6.45) is 2.08. The van der Waals surface area contributed by atoms with Crippen molar-refractivity contribution >= 4 is 17.5 Å². The maximum Gasteiger partial charge on any atom is 0.224 e. The molecule has 0 aromatic heterocycles. The smallest absolute Gasteiger partial charge is 0.224 e. The maximum absolute atomic E-state index is 12.1. The summed E-state index contributed by atoms with van der Waals surface area (Å²) in [7, 11) is 0. The van der Waals surface area contributed by atoms with Crippen LogP contribution in [0.15, 0.2) is 24.3 Å². The zero-order chi connectivity index (χ0) is 14.5. The molecule has 1 aromatic carbocycles. The molecule has 0 aliphatic carbocycles. The van der Waals surface area contributed by atoms with Crippen LogP contribution in [-0.2, 0) is 11.3 Å². The van der Waals surface area contributed by atoms with E-state index in [9.17, 15) is 4.79 Å². The Kier molecular flexibility index (Phi) is 5.44. The zero-order valence-corrected chi connectivity index (χ0v) is 13.0. The van der Waals surface area contributed by atoms with Gasteiger partial charge in [0.15, 0.2) is 0 Å². The van der Waals surface area contributed by atoms with Crippen LogP contribution in [0.1, 0.15) is 32.3 Å². The molecule has 0 saturated carbocycles. The minimum absolute atomic E-state index is 0.124. The number of piperidine rings is 1. The lowest BCUT2D eigenvalue weighted by molar-refractivity contribution is -0.127. The molecule has 20 heavy (non-hydrogen) atoms. The van der Waals surface area contributed by atoms with Crippen LogP contribution in [0, 0.1) is 5.92 Å². The van der Waals surface area contributed by atoms with Gasteiger partial charge in [0, 0.05) is 24.2 Å². The molecule has 3 nitrogen and oxygen atoms in total. The lowest BCUT2D eigenvalue weighted by Crippen LogP contribution is -2.44. The molecule has 0 bridgehead atoms. The molecule has 0 unspecified atom stereocenters. The Labute approximate surface area is 126 Å². The Morgan fingerprint density at radius 3 is 2.75 bits per heavy atom. The second kappa shape index (κ2) is 7.09. The summed E-state index contributed by atoms with van der Waals surface area (Å²) in [5.41, 5.74) is 1.25. The van der Waals surface area contributed by atoms with Crippen molar-refractivity contribution in [3.8, 4) is 0 Å². The summed E-state index contributed by atoms with van der Waals surface area (Å²) < 4.78 is 0. The molecule has 1 fully saturated rings. The van der Waals surface area contributed by atoms with Crippen molar-refractivity contribution < 1.29 is 4.79 Å². The number of carbonyl (C=O) groups excluding carboxylic acids is 1. The Balaban J connectivity index is 1.90. The largest absolute Gasteiger partial charge is 0.354 e. The first kappa shape index (κ1) is 15.3. The number of hydrogen-bond donors (Lipinski definition) is 1. The van der Waals surface area contributed by atoms with Crippen LogP contribution < -0.4 is 5.32 Å². The molecule has 4 heteroatoms. The van der Waals surface area contributed by atoms with Crippen LogP contribution in [0.5, 0.6) is 0 Å². The van der Waals surface area contributed by atoms with Crippen LogP contribution in [0.2, 0.25) is 5.02 Å². The third-order valence-electron chi connectivity index (χ3n) is 3.63. The molecule has 1 aliphatic rings. The van der Waals surface area contributed by atoms with Gasteiger partial charge in [-0.1, -0.05) is 23.7 Å². The average molecular weight is 295 g/mol. The van der Waals surface area contributed by atoms with Crippen LogP contribution in [0.4, 0.5) is 0 Å². The highest BCUT2D eigenvalue weighted by Gasteiger charge is 2.25. The molecule has 1 aromatic rings. The van der Waals surface area contributed by atoms with Gasteiger partial charge >= 0.3 is 0 Å². The number of nitrogens with zero attached hydrogens (tertiary/aromatic N) is 1. The molecule has 1 N–H and O–H groups in total. The highest BCUT2D eigenvalue weighted by molar-refractivity contribution is 6.30. The van der Waals surface area contributed by atoms with E-state index in [0.29, 0.717) is 0 Å². The molecular weight excluding hydrogens is 272 g/mol. The molecule has 1 atom stereocenters. The molecule has 1 amide bonds. The number of halogens is 1. The SMILES string of the molecule is CC(C)NC(=O)[C@H]1CCCN(Cc2ccc(Cl)cc2)C1. The molecule has 1 aliphatic heterocycles. The van der Waals surface area contributed by atoms with Crippen molar-refractivity contribution in [2.45, 2.75) is 39.3 Å². The molecule has 1 heterocycles. The van der Waals surface area contributed by atoms with Gasteiger partial charge in [-0.25, -0.2) is 0 Å². The normalized spacial score (nSPS) is 20.1. The fraction of sp³-hybridized carbons (Fsp3) is 0.562. The summed E-state index contributed by atoms with van der Waals surface area (Å²) >= 11 is 5.90. The number of benzene rings is 1. The number of carbonyl (C=O) groups is 1. The highest BCUT2D eigenvalue weighted by Crippen LogP contribution is 2.19. The first-order valence-corrected chi connectivity index (χ1v) is 7.69. The van der Waals surface area contributed by atoms with E-state index in [0.717, 1.165) is 37.5 Å². The van der Waals surface area contributed by atoms with Gasteiger partial charge in [-0.05, 0) is 50.9 Å². The first-order chi connectivity index (χ1) is 9.54. The van der Waals surface area contributed by atoms with Gasteiger partial charge < -0.3 is 5.32 Å². The summed E-state index contributed by atoms with van der Waals surface area (Å²) in [4.78, 5) is 14.5. The van der Waals surface area contributed by atoms with Gasteiger partial charge in [0.2, 0.25) is 5.91 Å². The van der Waals surface area contributed by atoms with E-state index in [1.807, 2.05) is 26.0 Å². The van der Waals surface area contributed by atoms with Crippen molar-refractivity contribution in [1.29, 1.82) is 0 Å². The molecule has 2 rings (SSSR count). The fourth-order valence-corrected chi connectivity index (χ4v) is 2.79. The monoisotopic (exact) mass is 294 g/mol. The zero-order valence-electron chi connectivity index (χ0n) is 12.2. The molecule has 1 saturated heterocycles. The maximum atomic E-state index is 12.1. The van der Waals surface area contributed by atoms with Gasteiger partial charge in [-0.15, -0.1) is 0 Å². The quantitative estimate of drug-likeness (QED) is 0.925. The number of nitrogens with one attached hydrogen (secondary N) is 1. The van der Waals surface area contributed by atoms with E-state index in [2.05, 4.69) is 22.3 Å². The lowest BCUT2D eigenvalue weighted by Gasteiger charge is -2.32. The van der Waals surface area contributed by atoms with E-state index < -0.39 is 0 Å². The van der Waals surface area contributed by atoms with Crippen LogP contribution in [-0.4, -0.2) is 29.9 Å².